The molecule has 22 heavy (non-hydrogen) atoms. The number of aromatic carboxylic acids is 1. The zero-order valence-corrected chi connectivity index (χ0v) is 13.1. The first-order valence-electron chi connectivity index (χ1n) is 7.13. The molecule has 1 aromatic heterocycles. The van der Waals surface area contributed by atoms with Gasteiger partial charge in [0.2, 0.25) is 0 Å². The molecule has 1 fully saturated rings. The zero-order valence-electron chi connectivity index (χ0n) is 12.2. The highest BCUT2D eigenvalue weighted by atomic mass is 32.1. The predicted octanol–water partition coefficient (Wildman–Crippen LogP) is 3.23. The van der Waals surface area contributed by atoms with Crippen LogP contribution in [0.4, 0.5) is 0 Å². The molecular weight excluding hydrogens is 302 g/mol. The summed E-state index contributed by atoms with van der Waals surface area (Å²) < 4.78 is 11.1. The Morgan fingerprint density at radius 2 is 2.36 bits per heavy atom. The number of hydrogen-bond donors (Lipinski definition) is 1. The van der Waals surface area contributed by atoms with Crippen LogP contribution >= 0.6 is 11.3 Å². The van der Waals surface area contributed by atoms with E-state index in [1.54, 1.807) is 18.3 Å². The smallest absolute Gasteiger partial charge is 0.335 e. The van der Waals surface area contributed by atoms with E-state index >= 15 is 0 Å². The number of ether oxygens (including phenoxy) is 2. The zero-order chi connectivity index (χ0) is 15.5. The Bertz CT molecular complexity index is 677. The first-order valence-corrected chi connectivity index (χ1v) is 7.95. The average Bonchev–Trinajstić information content (AvgIpc) is 3.16. The Morgan fingerprint density at radius 1 is 1.50 bits per heavy atom. The topological polar surface area (TPSA) is 68.7 Å². The Labute approximate surface area is 132 Å². The molecule has 1 saturated heterocycles. The van der Waals surface area contributed by atoms with Gasteiger partial charge < -0.3 is 14.6 Å². The normalized spacial score (nSPS) is 17.6. The highest BCUT2D eigenvalue weighted by Crippen LogP contribution is 2.30. The van der Waals surface area contributed by atoms with Gasteiger partial charge >= 0.3 is 5.97 Å². The number of hydrogen-bond acceptors (Lipinski definition) is 5. The minimum Gasteiger partial charge on any atom is -0.493 e. The molecule has 0 saturated carbocycles. The Kier molecular flexibility index (Phi) is 4.40. The number of carbonyl (C=O) groups is 1. The van der Waals surface area contributed by atoms with Crippen molar-refractivity contribution in [3.8, 4) is 16.3 Å². The molecule has 3 rings (SSSR count). The molecule has 1 aliphatic heterocycles. The fourth-order valence-electron chi connectivity index (χ4n) is 2.35. The number of rotatable bonds is 5. The molecule has 5 nitrogen and oxygen atoms in total. The van der Waals surface area contributed by atoms with Gasteiger partial charge in [0.1, 0.15) is 10.8 Å². The van der Waals surface area contributed by atoms with E-state index in [0.717, 1.165) is 28.5 Å². The van der Waals surface area contributed by atoms with Crippen molar-refractivity contribution in [3.63, 3.8) is 0 Å². The molecule has 1 N–H and O–H groups in total. The van der Waals surface area contributed by atoms with Crippen LogP contribution in [0.25, 0.3) is 10.6 Å². The van der Waals surface area contributed by atoms with Crippen LogP contribution in [0, 0.1) is 12.8 Å². The van der Waals surface area contributed by atoms with E-state index in [1.165, 1.54) is 11.3 Å². The molecule has 0 unspecified atom stereocenters. The Morgan fingerprint density at radius 3 is 3.00 bits per heavy atom. The summed E-state index contributed by atoms with van der Waals surface area (Å²) in [5.41, 5.74) is 0.985. The number of benzene rings is 1. The molecule has 2 heterocycles. The van der Waals surface area contributed by atoms with Crippen molar-refractivity contribution in [1.82, 2.24) is 4.98 Å². The van der Waals surface area contributed by atoms with Gasteiger partial charge in [0.05, 0.1) is 18.8 Å². The molecule has 0 bridgehead atoms. The number of carboxylic acid groups (broad SMARTS) is 1. The number of aromatic nitrogens is 1. The summed E-state index contributed by atoms with van der Waals surface area (Å²) in [6, 6.07) is 5.04. The molecule has 116 valence electrons. The Hall–Kier alpha value is -1.92. The standard InChI is InChI=1S/C16H17NO4S/c1-10-7-17-15(22-10)12-4-13(16(18)19)6-14(5-12)21-9-11-2-3-20-8-11/h4-7,11H,2-3,8-9H2,1H3,(H,18,19)/t11-/m1/s1. The van der Waals surface area contributed by atoms with Crippen LogP contribution in [0.3, 0.4) is 0 Å². The van der Waals surface area contributed by atoms with E-state index < -0.39 is 5.97 Å². The number of thiazole rings is 1. The fraction of sp³-hybridized carbons (Fsp3) is 0.375. The average molecular weight is 319 g/mol. The Balaban J connectivity index is 1.84. The van der Waals surface area contributed by atoms with Gasteiger partial charge in [-0.1, -0.05) is 0 Å². The van der Waals surface area contributed by atoms with Gasteiger partial charge in [0.25, 0.3) is 0 Å². The van der Waals surface area contributed by atoms with Crippen LogP contribution in [0.5, 0.6) is 5.75 Å². The fourth-order valence-corrected chi connectivity index (χ4v) is 3.10. The van der Waals surface area contributed by atoms with E-state index in [4.69, 9.17) is 9.47 Å². The maximum atomic E-state index is 11.3. The van der Waals surface area contributed by atoms with Gasteiger partial charge in [-0.15, -0.1) is 11.3 Å². The first-order chi connectivity index (χ1) is 10.6. The van der Waals surface area contributed by atoms with Crippen LogP contribution < -0.4 is 4.74 Å². The first kappa shape index (κ1) is 15.0. The third kappa shape index (κ3) is 3.45. The summed E-state index contributed by atoms with van der Waals surface area (Å²) in [5.74, 6) is -0.0297. The van der Waals surface area contributed by atoms with Crippen molar-refractivity contribution in [3.05, 3.63) is 34.8 Å². The van der Waals surface area contributed by atoms with E-state index in [-0.39, 0.29) is 5.56 Å². The van der Waals surface area contributed by atoms with Crippen molar-refractivity contribution >= 4 is 17.3 Å². The van der Waals surface area contributed by atoms with Crippen molar-refractivity contribution < 1.29 is 19.4 Å². The van der Waals surface area contributed by atoms with Crippen molar-refractivity contribution in [2.24, 2.45) is 5.92 Å². The van der Waals surface area contributed by atoms with Gasteiger partial charge in [0.15, 0.2) is 0 Å². The molecule has 0 aliphatic carbocycles. The molecule has 0 spiro atoms. The number of carboxylic acids is 1. The molecule has 1 aromatic carbocycles. The molecule has 2 aromatic rings. The lowest BCUT2D eigenvalue weighted by Gasteiger charge is -2.12. The third-order valence-corrected chi connectivity index (χ3v) is 4.49. The summed E-state index contributed by atoms with van der Waals surface area (Å²) in [7, 11) is 0. The minimum absolute atomic E-state index is 0.211. The van der Waals surface area contributed by atoms with Crippen molar-refractivity contribution in [2.45, 2.75) is 13.3 Å². The van der Waals surface area contributed by atoms with Crippen LogP contribution in [0.2, 0.25) is 0 Å². The van der Waals surface area contributed by atoms with Gasteiger partial charge in [-0.05, 0) is 31.5 Å². The van der Waals surface area contributed by atoms with Gasteiger partial charge in [0, 0.05) is 29.2 Å². The van der Waals surface area contributed by atoms with E-state index in [2.05, 4.69) is 4.98 Å². The van der Waals surface area contributed by atoms with E-state index in [9.17, 15) is 9.90 Å². The lowest BCUT2D eigenvalue weighted by molar-refractivity contribution is 0.0696. The maximum absolute atomic E-state index is 11.3. The van der Waals surface area contributed by atoms with Gasteiger partial charge in [-0.3, -0.25) is 0 Å². The lowest BCUT2D eigenvalue weighted by atomic mass is 10.1. The second-order valence-electron chi connectivity index (χ2n) is 5.37. The highest BCUT2D eigenvalue weighted by Gasteiger charge is 2.17. The maximum Gasteiger partial charge on any atom is 0.335 e. The van der Waals surface area contributed by atoms with Crippen LogP contribution in [0.1, 0.15) is 21.7 Å². The van der Waals surface area contributed by atoms with Crippen LogP contribution in [-0.2, 0) is 4.74 Å². The minimum atomic E-state index is -0.968. The van der Waals surface area contributed by atoms with Gasteiger partial charge in [-0.2, -0.15) is 0 Å². The molecule has 6 heteroatoms. The number of aryl methyl sites for hydroxylation is 1. The largest absolute Gasteiger partial charge is 0.493 e. The second kappa shape index (κ2) is 6.46. The SMILES string of the molecule is Cc1cnc(-c2cc(OC[C@@H]3CCOC3)cc(C(=O)O)c2)s1. The molecule has 0 radical (unpaired) electrons. The molecular formula is C16H17NO4S. The second-order valence-corrected chi connectivity index (χ2v) is 6.60. The van der Waals surface area contributed by atoms with E-state index in [0.29, 0.717) is 24.9 Å². The molecule has 0 amide bonds. The monoisotopic (exact) mass is 319 g/mol. The molecule has 1 aliphatic rings. The number of nitrogens with zero attached hydrogens (tertiary/aromatic N) is 1. The summed E-state index contributed by atoms with van der Waals surface area (Å²) in [6.07, 6.45) is 2.76. The molecule has 1 atom stereocenters. The van der Waals surface area contributed by atoms with Crippen molar-refractivity contribution in [2.75, 3.05) is 19.8 Å². The predicted molar refractivity (Wildman–Crippen MR) is 83.7 cm³/mol. The highest BCUT2D eigenvalue weighted by molar-refractivity contribution is 7.14. The summed E-state index contributed by atoms with van der Waals surface area (Å²) in [6.45, 7) is 3.99. The van der Waals surface area contributed by atoms with Crippen LogP contribution in [-0.4, -0.2) is 35.9 Å². The van der Waals surface area contributed by atoms with Crippen molar-refractivity contribution in [1.29, 1.82) is 0 Å². The quantitative estimate of drug-likeness (QED) is 0.916. The van der Waals surface area contributed by atoms with Crippen LogP contribution in [0.15, 0.2) is 24.4 Å². The summed E-state index contributed by atoms with van der Waals surface area (Å²) in [5, 5.41) is 10.1. The van der Waals surface area contributed by atoms with E-state index in [1.807, 2.05) is 13.0 Å². The summed E-state index contributed by atoms with van der Waals surface area (Å²) in [4.78, 5) is 16.7. The summed E-state index contributed by atoms with van der Waals surface area (Å²) >= 11 is 1.53. The third-order valence-electron chi connectivity index (χ3n) is 3.53. The lowest BCUT2D eigenvalue weighted by Crippen LogP contribution is -2.12. The van der Waals surface area contributed by atoms with Gasteiger partial charge in [-0.25, -0.2) is 9.78 Å².